The number of phenols is 1. The van der Waals surface area contributed by atoms with Gasteiger partial charge in [-0.25, -0.2) is 13.1 Å². The van der Waals surface area contributed by atoms with Crippen molar-refractivity contribution in [3.8, 4) is 11.8 Å². The first kappa shape index (κ1) is 15.0. The van der Waals surface area contributed by atoms with Crippen molar-refractivity contribution in [2.24, 2.45) is 0 Å². The lowest BCUT2D eigenvalue weighted by molar-refractivity contribution is 0.475. The molecule has 0 radical (unpaired) electrons. The number of nitriles is 1. The van der Waals surface area contributed by atoms with Crippen LogP contribution in [0.5, 0.6) is 5.75 Å². The van der Waals surface area contributed by atoms with Crippen LogP contribution in [-0.4, -0.2) is 13.5 Å². The summed E-state index contributed by atoms with van der Waals surface area (Å²) in [7, 11) is -3.60. The largest absolute Gasteiger partial charge is 0.508 e. The number of hydrogen-bond acceptors (Lipinski definition) is 4. The van der Waals surface area contributed by atoms with Crippen LogP contribution in [0.2, 0.25) is 0 Å². The first-order valence-corrected chi connectivity index (χ1v) is 7.73. The SMILES string of the molecule is N#CCc1ccc(S(=O)(=O)NCc2ccc(O)cc2)cc1. The Morgan fingerprint density at radius 2 is 1.57 bits per heavy atom. The molecular formula is C15H14N2O3S. The van der Waals surface area contributed by atoms with E-state index in [0.717, 1.165) is 11.1 Å². The summed E-state index contributed by atoms with van der Waals surface area (Å²) in [5.41, 5.74) is 1.52. The Morgan fingerprint density at radius 1 is 1.00 bits per heavy atom. The van der Waals surface area contributed by atoms with Gasteiger partial charge in [0, 0.05) is 6.54 Å². The lowest BCUT2D eigenvalue weighted by Gasteiger charge is -2.07. The van der Waals surface area contributed by atoms with Gasteiger partial charge in [-0.15, -0.1) is 0 Å². The highest BCUT2D eigenvalue weighted by molar-refractivity contribution is 7.89. The van der Waals surface area contributed by atoms with Crippen molar-refractivity contribution in [2.45, 2.75) is 17.9 Å². The molecule has 2 rings (SSSR count). The van der Waals surface area contributed by atoms with Crippen LogP contribution in [0.3, 0.4) is 0 Å². The highest BCUT2D eigenvalue weighted by Crippen LogP contribution is 2.13. The van der Waals surface area contributed by atoms with Gasteiger partial charge in [-0.05, 0) is 35.4 Å². The molecule has 0 saturated carbocycles. The molecule has 108 valence electrons. The fourth-order valence-electron chi connectivity index (χ4n) is 1.75. The van der Waals surface area contributed by atoms with E-state index in [2.05, 4.69) is 4.72 Å². The summed E-state index contributed by atoms with van der Waals surface area (Å²) in [4.78, 5) is 0.156. The van der Waals surface area contributed by atoms with Crippen molar-refractivity contribution in [2.75, 3.05) is 0 Å². The first-order chi connectivity index (χ1) is 10.0. The van der Waals surface area contributed by atoms with Gasteiger partial charge in [0.25, 0.3) is 0 Å². The number of phenolic OH excluding ortho intramolecular Hbond substituents is 1. The number of nitrogens with one attached hydrogen (secondary N) is 1. The molecule has 5 nitrogen and oxygen atoms in total. The quantitative estimate of drug-likeness (QED) is 0.883. The van der Waals surface area contributed by atoms with Crippen LogP contribution >= 0.6 is 0 Å². The number of sulfonamides is 1. The van der Waals surface area contributed by atoms with E-state index in [-0.39, 0.29) is 23.6 Å². The highest BCUT2D eigenvalue weighted by atomic mass is 32.2. The molecule has 0 atom stereocenters. The molecule has 0 aromatic heterocycles. The fraction of sp³-hybridized carbons (Fsp3) is 0.133. The van der Waals surface area contributed by atoms with Gasteiger partial charge >= 0.3 is 0 Å². The first-order valence-electron chi connectivity index (χ1n) is 6.25. The average molecular weight is 302 g/mol. The molecule has 0 saturated heterocycles. The van der Waals surface area contributed by atoms with E-state index in [1.807, 2.05) is 6.07 Å². The molecule has 0 aliphatic rings. The van der Waals surface area contributed by atoms with Gasteiger partial charge in [0.2, 0.25) is 10.0 Å². The molecule has 2 aromatic rings. The molecule has 0 aliphatic carbocycles. The Balaban J connectivity index is 2.07. The molecule has 0 fully saturated rings. The Bertz CT molecular complexity index is 745. The zero-order chi connectivity index (χ0) is 15.3. The van der Waals surface area contributed by atoms with Crippen molar-refractivity contribution in [3.63, 3.8) is 0 Å². The number of rotatable bonds is 5. The van der Waals surface area contributed by atoms with E-state index in [0.29, 0.717) is 0 Å². The Hall–Kier alpha value is -2.36. The molecule has 6 heteroatoms. The lowest BCUT2D eigenvalue weighted by atomic mass is 10.2. The zero-order valence-corrected chi connectivity index (χ0v) is 12.0. The molecule has 2 aromatic carbocycles. The monoisotopic (exact) mass is 302 g/mol. The number of aromatic hydroxyl groups is 1. The third-order valence-electron chi connectivity index (χ3n) is 2.92. The van der Waals surface area contributed by atoms with Crippen molar-refractivity contribution in [3.05, 3.63) is 59.7 Å². The van der Waals surface area contributed by atoms with Crippen molar-refractivity contribution in [1.29, 1.82) is 5.26 Å². The second-order valence-electron chi connectivity index (χ2n) is 4.47. The summed E-state index contributed by atoms with van der Waals surface area (Å²) in [5.74, 6) is 0.134. The number of hydrogen-bond donors (Lipinski definition) is 2. The van der Waals surface area contributed by atoms with Gasteiger partial charge in [0.1, 0.15) is 5.75 Å². The summed E-state index contributed by atoms with van der Waals surface area (Å²) in [5, 5.41) is 17.8. The van der Waals surface area contributed by atoms with Crippen LogP contribution in [0.1, 0.15) is 11.1 Å². The summed E-state index contributed by atoms with van der Waals surface area (Å²) >= 11 is 0. The smallest absolute Gasteiger partial charge is 0.240 e. The van der Waals surface area contributed by atoms with E-state index in [4.69, 9.17) is 5.26 Å². The van der Waals surface area contributed by atoms with Gasteiger partial charge < -0.3 is 5.11 Å². The Labute approximate surface area is 123 Å². The Morgan fingerprint density at radius 3 is 2.14 bits per heavy atom. The van der Waals surface area contributed by atoms with Crippen LogP contribution < -0.4 is 4.72 Å². The van der Waals surface area contributed by atoms with Crippen molar-refractivity contribution >= 4 is 10.0 Å². The van der Waals surface area contributed by atoms with Crippen LogP contribution in [0.25, 0.3) is 0 Å². The second-order valence-corrected chi connectivity index (χ2v) is 6.24. The molecular weight excluding hydrogens is 288 g/mol. The summed E-state index contributed by atoms with van der Waals surface area (Å²) in [6, 6.07) is 14.5. The average Bonchev–Trinajstić information content (AvgIpc) is 2.48. The maximum atomic E-state index is 12.1. The minimum Gasteiger partial charge on any atom is -0.508 e. The fourth-order valence-corrected chi connectivity index (χ4v) is 2.77. The molecule has 0 amide bonds. The number of benzene rings is 2. The van der Waals surface area contributed by atoms with Crippen LogP contribution in [0.4, 0.5) is 0 Å². The standard InChI is InChI=1S/C15H14N2O3S/c16-10-9-12-3-7-15(8-4-12)21(19,20)17-11-13-1-5-14(18)6-2-13/h1-8,17-18H,9,11H2. The topological polar surface area (TPSA) is 90.2 Å². The molecule has 0 spiro atoms. The predicted molar refractivity (Wildman–Crippen MR) is 77.9 cm³/mol. The van der Waals surface area contributed by atoms with Crippen molar-refractivity contribution < 1.29 is 13.5 Å². The summed E-state index contributed by atoms with van der Waals surface area (Å²) < 4.78 is 26.7. The molecule has 0 aliphatic heterocycles. The third kappa shape index (κ3) is 4.05. The summed E-state index contributed by atoms with van der Waals surface area (Å²) in [6.07, 6.45) is 0.251. The van der Waals surface area contributed by atoms with Crippen LogP contribution in [0, 0.1) is 11.3 Å². The Kier molecular flexibility index (Phi) is 4.58. The van der Waals surface area contributed by atoms with E-state index in [9.17, 15) is 13.5 Å². The molecule has 0 heterocycles. The van der Waals surface area contributed by atoms with Gasteiger partial charge in [-0.1, -0.05) is 24.3 Å². The third-order valence-corrected chi connectivity index (χ3v) is 4.34. The maximum absolute atomic E-state index is 12.1. The van der Waals surface area contributed by atoms with Gasteiger partial charge in [-0.3, -0.25) is 0 Å². The van der Waals surface area contributed by atoms with Gasteiger partial charge in [-0.2, -0.15) is 5.26 Å². The van der Waals surface area contributed by atoms with Crippen LogP contribution in [-0.2, 0) is 23.0 Å². The predicted octanol–water partition coefficient (Wildman–Crippen LogP) is 1.94. The second kappa shape index (κ2) is 6.39. The molecule has 2 N–H and O–H groups in total. The van der Waals surface area contributed by atoms with E-state index < -0.39 is 10.0 Å². The van der Waals surface area contributed by atoms with Crippen molar-refractivity contribution in [1.82, 2.24) is 4.72 Å². The molecule has 0 bridgehead atoms. The van der Waals surface area contributed by atoms with Gasteiger partial charge in [0.05, 0.1) is 17.4 Å². The number of nitrogens with zero attached hydrogens (tertiary/aromatic N) is 1. The molecule has 21 heavy (non-hydrogen) atoms. The molecule has 0 unspecified atom stereocenters. The van der Waals surface area contributed by atoms with E-state index in [1.54, 1.807) is 24.3 Å². The normalized spacial score (nSPS) is 11.0. The highest BCUT2D eigenvalue weighted by Gasteiger charge is 2.13. The van der Waals surface area contributed by atoms with Gasteiger partial charge in [0.15, 0.2) is 0 Å². The van der Waals surface area contributed by atoms with E-state index >= 15 is 0 Å². The minimum absolute atomic E-state index is 0.134. The van der Waals surface area contributed by atoms with E-state index in [1.165, 1.54) is 24.3 Å². The summed E-state index contributed by atoms with van der Waals surface area (Å²) in [6.45, 7) is 0.141. The van der Waals surface area contributed by atoms with Crippen LogP contribution in [0.15, 0.2) is 53.4 Å². The maximum Gasteiger partial charge on any atom is 0.240 e. The minimum atomic E-state index is -3.60. The zero-order valence-electron chi connectivity index (χ0n) is 11.2. The lowest BCUT2D eigenvalue weighted by Crippen LogP contribution is -2.23.